The molecule has 5 aromatic rings. The van der Waals surface area contributed by atoms with Gasteiger partial charge < -0.3 is 19.4 Å². The summed E-state index contributed by atoms with van der Waals surface area (Å²) < 4.78 is 14.0. The van der Waals surface area contributed by atoms with Crippen LogP contribution < -0.4 is 20.3 Å². The lowest BCUT2D eigenvalue weighted by Gasteiger charge is -2.26. The molecule has 1 aliphatic carbocycles. The van der Waals surface area contributed by atoms with E-state index in [0.29, 0.717) is 68.5 Å². The molecule has 51 heavy (non-hydrogen) atoms. The molecular formula is C43H46N4O4. The number of para-hydroxylation sites is 2. The van der Waals surface area contributed by atoms with Crippen molar-refractivity contribution in [2.45, 2.75) is 84.0 Å². The second-order valence-corrected chi connectivity index (χ2v) is 13.2. The molecule has 262 valence electrons. The number of carbonyl (C=O) groups is 1. The first-order valence-corrected chi connectivity index (χ1v) is 18.4. The number of nitrogens with one attached hydrogen (secondary N) is 1. The van der Waals surface area contributed by atoms with E-state index < -0.39 is 5.56 Å². The molecule has 0 amide bonds. The van der Waals surface area contributed by atoms with Gasteiger partial charge in [-0.25, -0.2) is 9.83 Å². The lowest BCUT2D eigenvalue weighted by Crippen LogP contribution is -2.22. The number of ether oxygens (including phenoxy) is 2. The highest BCUT2D eigenvalue weighted by atomic mass is 16.5. The van der Waals surface area contributed by atoms with E-state index in [-0.39, 0.29) is 11.5 Å². The van der Waals surface area contributed by atoms with Gasteiger partial charge >= 0.3 is 0 Å². The number of hydrogen-bond donors (Lipinski definition) is 1. The largest absolute Gasteiger partial charge is 0.491 e. The number of benzene rings is 3. The normalized spacial score (nSPS) is 11.7. The van der Waals surface area contributed by atoms with Crippen molar-refractivity contribution in [3.63, 3.8) is 0 Å². The number of aryl methyl sites for hydroxylation is 1. The summed E-state index contributed by atoms with van der Waals surface area (Å²) in [6.45, 7) is 10.9. The summed E-state index contributed by atoms with van der Waals surface area (Å²) in [5, 5.41) is 3.97. The molecule has 0 radical (unpaired) electrons. The van der Waals surface area contributed by atoms with Gasteiger partial charge in [0.2, 0.25) is 5.88 Å². The van der Waals surface area contributed by atoms with Crippen LogP contribution in [0.4, 0.5) is 17.1 Å². The molecule has 0 saturated carbocycles. The van der Waals surface area contributed by atoms with Gasteiger partial charge in [-0.2, -0.15) is 0 Å². The van der Waals surface area contributed by atoms with Gasteiger partial charge in [0.25, 0.3) is 11.2 Å². The Hall–Kier alpha value is -5.42. The smallest absolute Gasteiger partial charge is 0.258 e. The summed E-state index contributed by atoms with van der Waals surface area (Å²) in [6, 6.07) is 21.9. The second kappa shape index (κ2) is 17.0. The Morgan fingerprint density at radius 3 is 2.08 bits per heavy atom. The lowest BCUT2D eigenvalue weighted by molar-refractivity contribution is 0.104. The number of carbonyl (C=O) groups excluding carboxylic acids is 1. The van der Waals surface area contributed by atoms with E-state index in [9.17, 15) is 9.59 Å². The predicted molar refractivity (Wildman–Crippen MR) is 205 cm³/mol. The fourth-order valence-corrected chi connectivity index (χ4v) is 7.01. The number of anilines is 2. The highest BCUT2D eigenvalue weighted by Gasteiger charge is 2.34. The predicted octanol–water partition coefficient (Wildman–Crippen LogP) is 11.3. The molecule has 6 rings (SSSR count). The molecule has 0 saturated heterocycles. The van der Waals surface area contributed by atoms with Crippen LogP contribution >= 0.6 is 0 Å². The van der Waals surface area contributed by atoms with Crippen LogP contribution in [0.1, 0.15) is 99.9 Å². The monoisotopic (exact) mass is 682 g/mol. The number of nitrogens with zero attached hydrogens (tertiary/aromatic N) is 3. The van der Waals surface area contributed by atoms with E-state index in [1.807, 2.05) is 36.4 Å². The molecular weight excluding hydrogens is 636 g/mol. The van der Waals surface area contributed by atoms with Crippen molar-refractivity contribution in [2.24, 2.45) is 7.05 Å². The van der Waals surface area contributed by atoms with Crippen LogP contribution in [0.3, 0.4) is 0 Å². The van der Waals surface area contributed by atoms with Gasteiger partial charge in [-0.1, -0.05) is 120 Å². The molecule has 8 heteroatoms. The first-order valence-electron chi connectivity index (χ1n) is 18.4. The van der Waals surface area contributed by atoms with E-state index in [1.54, 1.807) is 49.6 Å². The van der Waals surface area contributed by atoms with Gasteiger partial charge in [-0.05, 0) is 30.2 Å². The van der Waals surface area contributed by atoms with Crippen molar-refractivity contribution < 1.29 is 14.3 Å². The molecule has 2 aromatic heterocycles. The Bertz CT molecular complexity index is 2100. The van der Waals surface area contributed by atoms with Crippen LogP contribution in [0.2, 0.25) is 0 Å². The number of aromatic nitrogens is 2. The lowest BCUT2D eigenvalue weighted by atomic mass is 9.82. The Morgan fingerprint density at radius 1 is 0.745 bits per heavy atom. The van der Waals surface area contributed by atoms with Gasteiger partial charge in [0.1, 0.15) is 5.75 Å². The van der Waals surface area contributed by atoms with Gasteiger partial charge in [0.15, 0.2) is 11.5 Å². The number of rotatable bonds is 18. The zero-order chi connectivity index (χ0) is 35.6. The molecule has 0 unspecified atom stereocenters. The van der Waals surface area contributed by atoms with Crippen molar-refractivity contribution >= 4 is 33.7 Å². The summed E-state index contributed by atoms with van der Waals surface area (Å²) in [4.78, 5) is 36.1. The highest BCUT2D eigenvalue weighted by molar-refractivity contribution is 6.30. The van der Waals surface area contributed by atoms with Gasteiger partial charge in [-0.15, -0.1) is 0 Å². The molecule has 8 nitrogen and oxygen atoms in total. The average Bonchev–Trinajstić information content (AvgIpc) is 3.15. The Labute approximate surface area is 300 Å². The van der Waals surface area contributed by atoms with Crippen LogP contribution in [0, 0.1) is 6.57 Å². The van der Waals surface area contributed by atoms with Crippen molar-refractivity contribution in [3.05, 3.63) is 112 Å². The summed E-state index contributed by atoms with van der Waals surface area (Å²) >= 11 is 0. The maximum absolute atomic E-state index is 14.4. The topological polar surface area (TPSA) is 86.8 Å². The van der Waals surface area contributed by atoms with Gasteiger partial charge in [-0.3, -0.25) is 9.59 Å². The Balaban J connectivity index is 1.26. The summed E-state index contributed by atoms with van der Waals surface area (Å²) in [6.07, 6.45) is 16.9. The number of unbranched alkanes of at least 4 members (excludes halogenated alkanes) is 11. The van der Waals surface area contributed by atoms with Gasteiger partial charge in [0, 0.05) is 41.9 Å². The first kappa shape index (κ1) is 35.4. The van der Waals surface area contributed by atoms with Gasteiger partial charge in [0.05, 0.1) is 35.6 Å². The third-order valence-corrected chi connectivity index (χ3v) is 9.64. The molecule has 3 aromatic carbocycles. The van der Waals surface area contributed by atoms with Crippen LogP contribution in [-0.2, 0) is 7.05 Å². The van der Waals surface area contributed by atoms with Crippen LogP contribution in [0.25, 0.3) is 26.9 Å². The van der Waals surface area contributed by atoms with Crippen molar-refractivity contribution in [2.75, 3.05) is 11.9 Å². The highest BCUT2D eigenvalue weighted by Crippen LogP contribution is 2.49. The minimum absolute atomic E-state index is 0.0433. The number of fused-ring (bicyclic) bond motifs is 2. The fraction of sp³-hybridized carbons (Fsp3) is 0.349. The fourth-order valence-electron chi connectivity index (χ4n) is 7.01. The molecule has 0 spiro atoms. The number of pyridine rings is 2. The quantitative estimate of drug-likeness (QED) is 0.0717. The summed E-state index contributed by atoms with van der Waals surface area (Å²) in [5.74, 6) is 1.12. The molecule has 1 N–H and O–H groups in total. The van der Waals surface area contributed by atoms with Crippen LogP contribution in [0.5, 0.6) is 17.4 Å². The van der Waals surface area contributed by atoms with E-state index in [1.165, 1.54) is 68.8 Å². The Kier molecular flexibility index (Phi) is 11.8. The van der Waals surface area contributed by atoms with E-state index in [0.717, 1.165) is 12.8 Å². The molecule has 0 bridgehead atoms. The van der Waals surface area contributed by atoms with Crippen molar-refractivity contribution in [1.29, 1.82) is 0 Å². The Morgan fingerprint density at radius 2 is 1.39 bits per heavy atom. The summed E-state index contributed by atoms with van der Waals surface area (Å²) in [5.41, 5.74) is 2.85. The van der Waals surface area contributed by atoms with Crippen LogP contribution in [0.15, 0.2) is 83.8 Å². The van der Waals surface area contributed by atoms with Crippen molar-refractivity contribution in [3.8, 4) is 28.5 Å². The zero-order valence-electron chi connectivity index (χ0n) is 29.7. The number of ketones is 1. The standard InChI is InChI=1S/C43H46N4O4/c1-4-5-6-7-8-9-10-11-12-13-14-21-28-50-34-25-18-17-24-32(34)46-33-29-35(51-36-26-19-20-27-45-36)41-39-37(40(44-2)43(49)47(41)3)30-22-15-16-23-31(30)42(48)38(33)39/h15-20,22-27,29,46H,4-14,21,28H2,1,3H3. The van der Waals surface area contributed by atoms with Crippen molar-refractivity contribution in [1.82, 2.24) is 9.55 Å². The maximum Gasteiger partial charge on any atom is 0.258 e. The first-order chi connectivity index (χ1) is 25.0. The van der Waals surface area contributed by atoms with Crippen LogP contribution in [-0.4, -0.2) is 21.9 Å². The minimum atomic E-state index is -0.467. The minimum Gasteiger partial charge on any atom is -0.491 e. The third-order valence-electron chi connectivity index (χ3n) is 9.64. The molecule has 1 aliphatic rings. The maximum atomic E-state index is 14.4. The molecule has 0 aliphatic heterocycles. The summed E-state index contributed by atoms with van der Waals surface area (Å²) in [7, 11) is 1.60. The average molecular weight is 683 g/mol. The van der Waals surface area contributed by atoms with E-state index in [4.69, 9.17) is 16.0 Å². The molecule has 2 heterocycles. The number of hydrogen-bond acceptors (Lipinski definition) is 6. The van der Waals surface area contributed by atoms with E-state index in [2.05, 4.69) is 22.1 Å². The molecule has 0 atom stereocenters. The SMILES string of the molecule is [C-]#[N+]c1c2c3c(c(Nc4ccccc4OCCCCCCCCCCCCCC)cc(Oc4ccccn4)c3n(C)c1=O)C(=O)c1ccccc1-2. The third kappa shape index (κ3) is 7.83. The second-order valence-electron chi connectivity index (χ2n) is 13.2. The zero-order valence-corrected chi connectivity index (χ0v) is 29.7. The van der Waals surface area contributed by atoms with E-state index >= 15 is 0 Å². The molecule has 0 fully saturated rings.